The van der Waals surface area contributed by atoms with Crippen molar-refractivity contribution in [3.63, 3.8) is 0 Å². The predicted molar refractivity (Wildman–Crippen MR) is 56.3 cm³/mol. The van der Waals surface area contributed by atoms with Crippen molar-refractivity contribution in [3.05, 3.63) is 28.3 Å². The highest BCUT2D eigenvalue weighted by Gasteiger charge is 2.11. The number of aryl methyl sites for hydroxylation is 1. The summed E-state index contributed by atoms with van der Waals surface area (Å²) in [6.45, 7) is 1.67. The molecule has 0 saturated carbocycles. The molecular weight excluding hydrogens is 247 g/mol. The molecule has 0 bridgehead atoms. The smallest absolute Gasteiger partial charge is 0.236 e. The zero-order chi connectivity index (χ0) is 10.9. The lowest BCUT2D eigenvalue weighted by atomic mass is 10.1. The van der Waals surface area contributed by atoms with Gasteiger partial charge in [-0.3, -0.25) is 0 Å². The van der Waals surface area contributed by atoms with Crippen molar-refractivity contribution in [3.8, 4) is 5.75 Å². The normalized spacial score (nSPS) is 11.6. The Morgan fingerprint density at radius 1 is 1.43 bits per heavy atom. The van der Waals surface area contributed by atoms with Crippen molar-refractivity contribution in [1.82, 2.24) is 0 Å². The number of benzene rings is 1. The molecule has 1 aromatic carbocycles. The van der Waals surface area contributed by atoms with Gasteiger partial charge in [-0.1, -0.05) is 11.6 Å². The fourth-order valence-electron chi connectivity index (χ4n) is 1.05. The molecule has 1 aromatic rings. The second-order valence-corrected chi connectivity index (χ2v) is 6.10. The maximum absolute atomic E-state index is 10.8. The van der Waals surface area contributed by atoms with Crippen LogP contribution in [0.15, 0.2) is 12.1 Å². The molecule has 3 nitrogen and oxygen atoms in total. The molecule has 0 atom stereocenters. The van der Waals surface area contributed by atoms with E-state index in [-0.39, 0.29) is 16.5 Å². The molecule has 1 N–H and O–H groups in total. The van der Waals surface area contributed by atoms with Gasteiger partial charge in [0, 0.05) is 10.7 Å². The van der Waals surface area contributed by atoms with Crippen molar-refractivity contribution >= 4 is 31.3 Å². The lowest BCUT2D eigenvalue weighted by Gasteiger charge is -2.05. The third kappa shape index (κ3) is 3.04. The Morgan fingerprint density at radius 2 is 2.00 bits per heavy atom. The van der Waals surface area contributed by atoms with Crippen LogP contribution < -0.4 is 0 Å². The summed E-state index contributed by atoms with van der Waals surface area (Å²) in [5.41, 5.74) is 1.12. The fraction of sp³-hybridized carbons (Fsp3) is 0.250. The van der Waals surface area contributed by atoms with Gasteiger partial charge >= 0.3 is 0 Å². The Hall–Kier alpha value is -0.450. The highest BCUT2D eigenvalue weighted by atomic mass is 35.7. The van der Waals surface area contributed by atoms with Crippen LogP contribution in [0.25, 0.3) is 0 Å². The SMILES string of the molecule is Cc1cc(O)c(Cl)cc1CS(=O)(=O)Cl. The Balaban J connectivity index is 3.17. The number of hydrogen-bond donors (Lipinski definition) is 1. The topological polar surface area (TPSA) is 54.4 Å². The highest BCUT2D eigenvalue weighted by Crippen LogP contribution is 2.28. The molecule has 0 aromatic heterocycles. The summed E-state index contributed by atoms with van der Waals surface area (Å²) in [5, 5.41) is 9.33. The molecule has 0 unspecified atom stereocenters. The van der Waals surface area contributed by atoms with Gasteiger partial charge in [0.15, 0.2) is 0 Å². The quantitative estimate of drug-likeness (QED) is 0.825. The zero-order valence-corrected chi connectivity index (χ0v) is 9.62. The predicted octanol–water partition coefficient (Wildman–Crippen LogP) is 2.42. The molecule has 0 aliphatic carbocycles. The molecule has 0 heterocycles. The van der Waals surface area contributed by atoms with Crippen LogP contribution in [-0.2, 0) is 14.8 Å². The van der Waals surface area contributed by atoms with Gasteiger partial charge in [0.1, 0.15) is 5.75 Å². The first kappa shape index (κ1) is 11.6. The van der Waals surface area contributed by atoms with Gasteiger partial charge < -0.3 is 5.11 Å². The summed E-state index contributed by atoms with van der Waals surface area (Å²) in [6, 6.07) is 2.80. The molecule has 6 heteroatoms. The molecule has 0 saturated heterocycles. The van der Waals surface area contributed by atoms with Crippen LogP contribution in [-0.4, -0.2) is 13.5 Å². The number of phenolic OH excluding ortho intramolecular Hbond substituents is 1. The average molecular weight is 255 g/mol. The minimum atomic E-state index is -3.60. The summed E-state index contributed by atoms with van der Waals surface area (Å²) in [4.78, 5) is 0. The molecule has 0 radical (unpaired) electrons. The second kappa shape index (κ2) is 3.96. The monoisotopic (exact) mass is 254 g/mol. The lowest BCUT2D eigenvalue weighted by molar-refractivity contribution is 0.475. The minimum Gasteiger partial charge on any atom is -0.506 e. The molecule has 0 spiro atoms. The molecule has 78 valence electrons. The van der Waals surface area contributed by atoms with E-state index in [9.17, 15) is 13.5 Å². The van der Waals surface area contributed by atoms with Crippen LogP contribution in [0, 0.1) is 6.92 Å². The number of aromatic hydroxyl groups is 1. The van der Waals surface area contributed by atoms with Crippen LogP contribution >= 0.6 is 22.3 Å². The largest absolute Gasteiger partial charge is 0.506 e. The van der Waals surface area contributed by atoms with Gasteiger partial charge in [-0.05, 0) is 30.2 Å². The van der Waals surface area contributed by atoms with Gasteiger partial charge in [0.05, 0.1) is 10.8 Å². The van der Waals surface area contributed by atoms with Crippen LogP contribution in [0.1, 0.15) is 11.1 Å². The van der Waals surface area contributed by atoms with Crippen molar-refractivity contribution < 1.29 is 13.5 Å². The van der Waals surface area contributed by atoms with Crippen molar-refractivity contribution in [1.29, 1.82) is 0 Å². The number of halogens is 2. The van der Waals surface area contributed by atoms with E-state index in [1.54, 1.807) is 6.92 Å². The van der Waals surface area contributed by atoms with E-state index in [1.807, 2.05) is 0 Å². The number of hydrogen-bond acceptors (Lipinski definition) is 3. The molecule has 0 aliphatic rings. The molecule has 1 rings (SSSR count). The van der Waals surface area contributed by atoms with Gasteiger partial charge in [-0.15, -0.1) is 0 Å². The Morgan fingerprint density at radius 3 is 2.50 bits per heavy atom. The summed E-state index contributed by atoms with van der Waals surface area (Å²) in [6.07, 6.45) is 0. The third-order valence-corrected chi connectivity index (χ3v) is 3.02. The van der Waals surface area contributed by atoms with E-state index in [1.165, 1.54) is 12.1 Å². The number of rotatable bonds is 2. The molecule has 0 fully saturated rings. The summed E-state index contributed by atoms with van der Waals surface area (Å²) in [5.74, 6) is -0.361. The van der Waals surface area contributed by atoms with Crippen LogP contribution in [0.3, 0.4) is 0 Å². The van der Waals surface area contributed by atoms with Gasteiger partial charge in [0.25, 0.3) is 0 Å². The first-order chi connectivity index (χ1) is 6.29. The lowest BCUT2D eigenvalue weighted by Crippen LogP contribution is -1.97. The Labute approximate surface area is 91.7 Å². The van der Waals surface area contributed by atoms with Crippen molar-refractivity contribution in [2.75, 3.05) is 0 Å². The van der Waals surface area contributed by atoms with E-state index >= 15 is 0 Å². The Kier molecular flexibility index (Phi) is 3.29. The zero-order valence-electron chi connectivity index (χ0n) is 7.29. The molecule has 14 heavy (non-hydrogen) atoms. The van der Waals surface area contributed by atoms with Gasteiger partial charge in [-0.2, -0.15) is 0 Å². The summed E-state index contributed by atoms with van der Waals surface area (Å²) < 4.78 is 21.6. The van der Waals surface area contributed by atoms with E-state index in [2.05, 4.69) is 0 Å². The number of phenols is 1. The molecule has 0 amide bonds. The maximum atomic E-state index is 10.8. The van der Waals surface area contributed by atoms with Crippen LogP contribution in [0.5, 0.6) is 5.75 Å². The van der Waals surface area contributed by atoms with E-state index in [0.29, 0.717) is 11.1 Å². The summed E-state index contributed by atoms with van der Waals surface area (Å²) >= 11 is 5.63. The van der Waals surface area contributed by atoms with E-state index < -0.39 is 9.05 Å². The third-order valence-electron chi connectivity index (χ3n) is 1.73. The fourth-order valence-corrected chi connectivity index (χ4v) is 2.27. The van der Waals surface area contributed by atoms with Crippen LogP contribution in [0.2, 0.25) is 5.02 Å². The Bertz CT molecular complexity index is 454. The standard InChI is InChI=1S/C8H8Cl2O3S/c1-5-2-8(11)7(9)3-6(5)4-14(10,12)13/h2-3,11H,4H2,1H3. The molecule has 0 aliphatic heterocycles. The first-order valence-electron chi connectivity index (χ1n) is 3.70. The minimum absolute atomic E-state index is 0.0695. The van der Waals surface area contributed by atoms with E-state index in [0.717, 1.165) is 0 Å². The van der Waals surface area contributed by atoms with Crippen molar-refractivity contribution in [2.45, 2.75) is 12.7 Å². The van der Waals surface area contributed by atoms with Crippen LogP contribution in [0.4, 0.5) is 0 Å². The van der Waals surface area contributed by atoms with Gasteiger partial charge in [0.2, 0.25) is 9.05 Å². The highest BCUT2D eigenvalue weighted by molar-refractivity contribution is 8.13. The molecular formula is C8H8Cl2O3S. The van der Waals surface area contributed by atoms with Crippen molar-refractivity contribution in [2.24, 2.45) is 0 Å². The van der Waals surface area contributed by atoms with E-state index in [4.69, 9.17) is 22.3 Å². The average Bonchev–Trinajstić information content (AvgIpc) is 1.97. The summed E-state index contributed by atoms with van der Waals surface area (Å²) in [7, 11) is 1.50. The van der Waals surface area contributed by atoms with Gasteiger partial charge in [-0.25, -0.2) is 8.42 Å². The maximum Gasteiger partial charge on any atom is 0.236 e. The first-order valence-corrected chi connectivity index (χ1v) is 6.55. The second-order valence-electron chi connectivity index (χ2n) is 2.91.